The number of hydrogen-bond donors (Lipinski definition) is 1. The fourth-order valence-electron chi connectivity index (χ4n) is 1.64. The number of aliphatic carboxylic acids is 1. The van der Waals surface area contributed by atoms with Crippen molar-refractivity contribution in [2.24, 2.45) is 0 Å². The number of carboxylic acid groups (broad SMARTS) is 1. The maximum Gasteiger partial charge on any atom is 0.311 e. The molecule has 0 fully saturated rings. The van der Waals surface area contributed by atoms with Crippen LogP contribution in [0, 0.1) is 0 Å². The lowest BCUT2D eigenvalue weighted by molar-refractivity contribution is -0.140. The molecule has 0 aliphatic heterocycles. The predicted octanol–water partition coefficient (Wildman–Crippen LogP) is 1.90. The van der Waals surface area contributed by atoms with E-state index in [-0.39, 0.29) is 12.2 Å². The monoisotopic (exact) mass is 235 g/mol. The van der Waals surface area contributed by atoms with Crippen LogP contribution in [0.2, 0.25) is 0 Å². The van der Waals surface area contributed by atoms with Gasteiger partial charge in [0.2, 0.25) is 0 Å². The molecule has 1 rings (SSSR count). The first kappa shape index (κ1) is 13.2. The van der Waals surface area contributed by atoms with Crippen molar-refractivity contribution in [1.29, 1.82) is 0 Å². The van der Waals surface area contributed by atoms with Crippen LogP contribution in [-0.2, 0) is 9.59 Å². The standard InChI is InChI=1S/C13H17NO3/c1-9(15)8-12(13(16)17)10-4-6-11(7-5-10)14(2)3/h4-7,12H,8H2,1-3H3,(H,16,17). The van der Waals surface area contributed by atoms with Crippen molar-refractivity contribution in [3.63, 3.8) is 0 Å². The number of carboxylic acids is 1. The van der Waals surface area contributed by atoms with Gasteiger partial charge in [-0.25, -0.2) is 0 Å². The van der Waals surface area contributed by atoms with Crippen molar-refractivity contribution in [2.75, 3.05) is 19.0 Å². The van der Waals surface area contributed by atoms with Crippen molar-refractivity contribution in [3.8, 4) is 0 Å². The van der Waals surface area contributed by atoms with Gasteiger partial charge >= 0.3 is 5.97 Å². The summed E-state index contributed by atoms with van der Waals surface area (Å²) in [5, 5.41) is 9.09. The molecule has 1 aromatic carbocycles. The lowest BCUT2D eigenvalue weighted by atomic mass is 9.94. The molecule has 1 unspecified atom stereocenters. The molecule has 0 aliphatic rings. The smallest absolute Gasteiger partial charge is 0.311 e. The molecular formula is C13H17NO3. The highest BCUT2D eigenvalue weighted by Crippen LogP contribution is 2.23. The fraction of sp³-hybridized carbons (Fsp3) is 0.385. The minimum atomic E-state index is -0.960. The van der Waals surface area contributed by atoms with E-state index in [4.69, 9.17) is 5.11 Å². The number of anilines is 1. The second kappa shape index (κ2) is 5.48. The molecule has 0 amide bonds. The zero-order valence-electron chi connectivity index (χ0n) is 10.3. The zero-order chi connectivity index (χ0) is 13.0. The van der Waals surface area contributed by atoms with E-state index < -0.39 is 11.9 Å². The van der Waals surface area contributed by atoms with Crippen LogP contribution in [0.25, 0.3) is 0 Å². The number of benzene rings is 1. The first-order valence-corrected chi connectivity index (χ1v) is 5.41. The Hall–Kier alpha value is -1.84. The summed E-state index contributed by atoms with van der Waals surface area (Å²) in [5.74, 6) is -1.82. The van der Waals surface area contributed by atoms with E-state index in [0.717, 1.165) is 5.69 Å². The first-order chi connectivity index (χ1) is 7.91. The van der Waals surface area contributed by atoms with Gasteiger partial charge in [-0.15, -0.1) is 0 Å². The number of carbonyl (C=O) groups excluding carboxylic acids is 1. The number of carbonyl (C=O) groups is 2. The van der Waals surface area contributed by atoms with Gasteiger partial charge in [-0.1, -0.05) is 12.1 Å². The second-order valence-corrected chi connectivity index (χ2v) is 4.28. The highest BCUT2D eigenvalue weighted by molar-refractivity contribution is 5.85. The Labute approximate surface area is 101 Å². The number of nitrogens with zero attached hydrogens (tertiary/aromatic N) is 1. The molecule has 0 aliphatic carbocycles. The van der Waals surface area contributed by atoms with Crippen LogP contribution in [0.4, 0.5) is 5.69 Å². The van der Waals surface area contributed by atoms with Crippen LogP contribution in [0.3, 0.4) is 0 Å². The van der Waals surface area contributed by atoms with Gasteiger partial charge in [-0.3, -0.25) is 9.59 Å². The molecule has 1 aromatic rings. The van der Waals surface area contributed by atoms with Crippen molar-refractivity contribution in [3.05, 3.63) is 29.8 Å². The largest absolute Gasteiger partial charge is 0.481 e. The average Bonchev–Trinajstić information content (AvgIpc) is 2.25. The Bertz CT molecular complexity index is 409. The maximum atomic E-state index is 11.1. The summed E-state index contributed by atoms with van der Waals surface area (Å²) in [7, 11) is 3.83. The normalized spacial score (nSPS) is 11.9. The molecule has 1 N–H and O–H groups in total. The molecule has 0 spiro atoms. The van der Waals surface area contributed by atoms with Crippen LogP contribution < -0.4 is 4.90 Å². The maximum absolute atomic E-state index is 11.1. The van der Waals surface area contributed by atoms with Gasteiger partial charge in [-0.05, 0) is 24.6 Å². The molecule has 0 saturated heterocycles. The van der Waals surface area contributed by atoms with Crippen molar-refractivity contribution >= 4 is 17.4 Å². The van der Waals surface area contributed by atoms with Crippen LogP contribution in [0.1, 0.15) is 24.8 Å². The number of ketones is 1. The average molecular weight is 235 g/mol. The SMILES string of the molecule is CC(=O)CC(C(=O)O)c1ccc(N(C)C)cc1. The number of Topliss-reactive ketones (excluding diaryl/α,β-unsaturated/α-hetero) is 1. The van der Waals surface area contributed by atoms with E-state index in [1.807, 2.05) is 31.1 Å². The van der Waals surface area contributed by atoms with E-state index in [9.17, 15) is 9.59 Å². The lowest BCUT2D eigenvalue weighted by Crippen LogP contribution is -2.15. The highest BCUT2D eigenvalue weighted by Gasteiger charge is 2.21. The summed E-state index contributed by atoms with van der Waals surface area (Å²) < 4.78 is 0. The Morgan fingerprint density at radius 3 is 2.12 bits per heavy atom. The van der Waals surface area contributed by atoms with Crippen LogP contribution in [0.5, 0.6) is 0 Å². The summed E-state index contributed by atoms with van der Waals surface area (Å²) in [5.41, 5.74) is 1.67. The Morgan fingerprint density at radius 2 is 1.76 bits per heavy atom. The van der Waals surface area contributed by atoms with Crippen LogP contribution >= 0.6 is 0 Å². The van der Waals surface area contributed by atoms with Crippen molar-refractivity contribution in [1.82, 2.24) is 0 Å². The third kappa shape index (κ3) is 3.59. The second-order valence-electron chi connectivity index (χ2n) is 4.28. The third-order valence-corrected chi connectivity index (χ3v) is 2.60. The van der Waals surface area contributed by atoms with Crippen molar-refractivity contribution in [2.45, 2.75) is 19.3 Å². The zero-order valence-corrected chi connectivity index (χ0v) is 10.3. The van der Waals surface area contributed by atoms with Gasteiger partial charge in [-0.2, -0.15) is 0 Å². The van der Waals surface area contributed by atoms with E-state index in [1.165, 1.54) is 6.92 Å². The molecule has 4 heteroatoms. The molecule has 0 heterocycles. The molecule has 0 aromatic heterocycles. The third-order valence-electron chi connectivity index (χ3n) is 2.60. The molecule has 17 heavy (non-hydrogen) atoms. The van der Waals surface area contributed by atoms with Gasteiger partial charge in [0.15, 0.2) is 0 Å². The van der Waals surface area contributed by atoms with E-state index in [2.05, 4.69) is 0 Å². The Balaban J connectivity index is 2.95. The van der Waals surface area contributed by atoms with E-state index in [1.54, 1.807) is 12.1 Å². The van der Waals surface area contributed by atoms with Gasteiger partial charge < -0.3 is 10.0 Å². The minimum absolute atomic E-state index is 0.0383. The molecule has 0 saturated carbocycles. The number of rotatable bonds is 5. The summed E-state index contributed by atoms with van der Waals surface area (Å²) in [6.07, 6.45) is 0.0383. The van der Waals surface area contributed by atoms with Crippen LogP contribution in [0.15, 0.2) is 24.3 Å². The van der Waals surface area contributed by atoms with Gasteiger partial charge in [0.25, 0.3) is 0 Å². The van der Waals surface area contributed by atoms with Gasteiger partial charge in [0, 0.05) is 26.2 Å². The lowest BCUT2D eigenvalue weighted by Gasteiger charge is -2.15. The molecule has 0 radical (unpaired) electrons. The molecule has 4 nitrogen and oxygen atoms in total. The molecular weight excluding hydrogens is 218 g/mol. The predicted molar refractivity (Wildman–Crippen MR) is 66.4 cm³/mol. The topological polar surface area (TPSA) is 57.6 Å². The van der Waals surface area contributed by atoms with Crippen LogP contribution in [-0.4, -0.2) is 31.0 Å². The Kier molecular flexibility index (Phi) is 4.26. The summed E-state index contributed by atoms with van der Waals surface area (Å²) in [6, 6.07) is 7.23. The summed E-state index contributed by atoms with van der Waals surface area (Å²) in [6.45, 7) is 1.41. The summed E-state index contributed by atoms with van der Waals surface area (Å²) in [4.78, 5) is 24.1. The highest BCUT2D eigenvalue weighted by atomic mass is 16.4. The fourth-order valence-corrected chi connectivity index (χ4v) is 1.64. The van der Waals surface area contributed by atoms with Crippen molar-refractivity contribution < 1.29 is 14.7 Å². The van der Waals surface area contributed by atoms with Gasteiger partial charge in [0.05, 0.1) is 5.92 Å². The van der Waals surface area contributed by atoms with Gasteiger partial charge in [0.1, 0.15) is 5.78 Å². The Morgan fingerprint density at radius 1 is 1.24 bits per heavy atom. The van der Waals surface area contributed by atoms with E-state index in [0.29, 0.717) is 5.56 Å². The molecule has 92 valence electrons. The molecule has 1 atom stereocenters. The quantitative estimate of drug-likeness (QED) is 0.846. The first-order valence-electron chi connectivity index (χ1n) is 5.41. The number of hydrogen-bond acceptors (Lipinski definition) is 3. The molecule has 0 bridgehead atoms. The summed E-state index contributed by atoms with van der Waals surface area (Å²) >= 11 is 0. The van der Waals surface area contributed by atoms with E-state index >= 15 is 0 Å². The minimum Gasteiger partial charge on any atom is -0.481 e.